The van der Waals surface area contributed by atoms with E-state index < -0.39 is 0 Å². The first-order valence-corrected chi connectivity index (χ1v) is 8.70. The molecule has 0 fully saturated rings. The number of hydrogen-bond acceptors (Lipinski definition) is 2. The molecule has 116 valence electrons. The van der Waals surface area contributed by atoms with Gasteiger partial charge in [0.1, 0.15) is 0 Å². The molecule has 2 heteroatoms. The summed E-state index contributed by atoms with van der Waals surface area (Å²) in [5.41, 5.74) is 0. The Hall–Kier alpha value is -0.0800. The molecule has 2 nitrogen and oxygen atoms in total. The van der Waals surface area contributed by atoms with E-state index in [9.17, 15) is 5.11 Å². The second kappa shape index (κ2) is 16.0. The zero-order valence-corrected chi connectivity index (χ0v) is 13.4. The smallest absolute Gasteiger partial charge is 0.0549 e. The highest BCUT2D eigenvalue weighted by Crippen LogP contribution is 2.10. The molecule has 0 aromatic rings. The Balaban J connectivity index is 2.95. The lowest BCUT2D eigenvalue weighted by Gasteiger charge is -2.08. The third-order valence-corrected chi connectivity index (χ3v) is 3.83. The van der Waals surface area contributed by atoms with Gasteiger partial charge in [-0.1, -0.05) is 71.6 Å². The number of aliphatic hydroxyl groups excluding tert-OH is 1. The molecule has 0 heterocycles. The van der Waals surface area contributed by atoms with E-state index in [2.05, 4.69) is 12.2 Å². The summed E-state index contributed by atoms with van der Waals surface area (Å²) >= 11 is 0. The molecule has 2 N–H and O–H groups in total. The Labute approximate surface area is 121 Å². The molecule has 0 saturated heterocycles. The van der Waals surface area contributed by atoms with Crippen LogP contribution in [-0.4, -0.2) is 24.3 Å². The molecule has 0 amide bonds. The summed E-state index contributed by atoms with van der Waals surface area (Å²) in [4.78, 5) is 0. The first kappa shape index (κ1) is 18.9. The van der Waals surface area contributed by atoms with Crippen molar-refractivity contribution in [3.63, 3.8) is 0 Å². The van der Waals surface area contributed by atoms with E-state index in [0.29, 0.717) is 0 Å². The summed E-state index contributed by atoms with van der Waals surface area (Å²) in [5.74, 6) is 0. The minimum Gasteiger partial charge on any atom is -0.393 e. The van der Waals surface area contributed by atoms with Gasteiger partial charge in [0.25, 0.3) is 0 Å². The molecule has 1 atom stereocenters. The van der Waals surface area contributed by atoms with E-state index in [0.717, 1.165) is 25.9 Å². The Bertz CT molecular complexity index is 161. The van der Waals surface area contributed by atoms with Crippen LogP contribution >= 0.6 is 0 Å². The molecule has 0 rings (SSSR count). The molecular weight excluding hydrogens is 234 g/mol. The van der Waals surface area contributed by atoms with Crippen molar-refractivity contribution >= 4 is 0 Å². The van der Waals surface area contributed by atoms with Crippen LogP contribution in [0.2, 0.25) is 0 Å². The molecule has 0 radical (unpaired) electrons. The van der Waals surface area contributed by atoms with Crippen molar-refractivity contribution in [2.24, 2.45) is 0 Å². The number of nitrogens with one attached hydrogen (secondary N) is 1. The van der Waals surface area contributed by atoms with Crippen LogP contribution in [-0.2, 0) is 0 Å². The maximum Gasteiger partial charge on any atom is 0.0549 e. The number of hydrogen-bond donors (Lipinski definition) is 2. The van der Waals surface area contributed by atoms with Gasteiger partial charge in [0.05, 0.1) is 6.10 Å². The maximum atomic E-state index is 9.40. The quantitative estimate of drug-likeness (QED) is 0.425. The van der Waals surface area contributed by atoms with Gasteiger partial charge >= 0.3 is 0 Å². The molecule has 0 aliphatic carbocycles. The number of rotatable bonds is 15. The van der Waals surface area contributed by atoms with Gasteiger partial charge in [-0.05, 0) is 32.4 Å². The highest BCUT2D eigenvalue weighted by Gasteiger charge is 1.98. The van der Waals surface area contributed by atoms with Gasteiger partial charge in [-0.25, -0.2) is 0 Å². The summed E-state index contributed by atoms with van der Waals surface area (Å²) in [6.45, 7) is 6.39. The third kappa shape index (κ3) is 15.9. The van der Waals surface area contributed by atoms with Crippen molar-refractivity contribution < 1.29 is 5.11 Å². The van der Waals surface area contributed by atoms with Gasteiger partial charge in [-0.3, -0.25) is 0 Å². The number of unbranched alkanes of at least 4 members (excludes halogenated alkanes) is 9. The number of aliphatic hydroxyl groups is 1. The lowest BCUT2D eigenvalue weighted by Crippen LogP contribution is -2.21. The van der Waals surface area contributed by atoms with Gasteiger partial charge in [-0.2, -0.15) is 0 Å². The summed E-state index contributed by atoms with van der Waals surface area (Å²) < 4.78 is 0. The van der Waals surface area contributed by atoms with Gasteiger partial charge < -0.3 is 10.4 Å². The first-order chi connectivity index (χ1) is 9.31. The van der Waals surface area contributed by atoms with Crippen LogP contribution in [0.25, 0.3) is 0 Å². The standard InChI is InChI=1S/C17H37NO/c1-3-5-6-7-8-9-10-11-12-13-15-18-16-14-17(19)4-2/h17-19H,3-16H2,1-2H3. The predicted molar refractivity (Wildman–Crippen MR) is 85.6 cm³/mol. The average Bonchev–Trinajstić information content (AvgIpc) is 2.43. The summed E-state index contributed by atoms with van der Waals surface area (Å²) in [6, 6.07) is 0. The Morgan fingerprint density at radius 3 is 1.79 bits per heavy atom. The molecule has 0 aromatic heterocycles. The second-order valence-electron chi connectivity index (χ2n) is 5.78. The van der Waals surface area contributed by atoms with Gasteiger partial charge in [-0.15, -0.1) is 0 Å². The summed E-state index contributed by atoms with van der Waals surface area (Å²) in [7, 11) is 0. The largest absolute Gasteiger partial charge is 0.393 e. The van der Waals surface area contributed by atoms with Gasteiger partial charge in [0.2, 0.25) is 0 Å². The van der Waals surface area contributed by atoms with Crippen LogP contribution in [0.3, 0.4) is 0 Å². The van der Waals surface area contributed by atoms with Crippen LogP contribution in [0, 0.1) is 0 Å². The molecular formula is C17H37NO. The monoisotopic (exact) mass is 271 g/mol. The fourth-order valence-electron chi connectivity index (χ4n) is 2.34. The average molecular weight is 271 g/mol. The summed E-state index contributed by atoms with van der Waals surface area (Å²) in [6.07, 6.45) is 15.6. The SMILES string of the molecule is CCCCCCCCCCCCNCCC(O)CC. The molecule has 0 aromatic carbocycles. The normalized spacial score (nSPS) is 12.8. The summed E-state index contributed by atoms with van der Waals surface area (Å²) in [5, 5.41) is 12.8. The van der Waals surface area contributed by atoms with Crippen LogP contribution in [0.15, 0.2) is 0 Å². The van der Waals surface area contributed by atoms with Crippen molar-refractivity contribution in [1.29, 1.82) is 0 Å². The lowest BCUT2D eigenvalue weighted by atomic mass is 10.1. The van der Waals surface area contributed by atoms with Crippen LogP contribution in [0.1, 0.15) is 90.9 Å². The Morgan fingerprint density at radius 2 is 1.26 bits per heavy atom. The zero-order valence-electron chi connectivity index (χ0n) is 13.4. The molecule has 19 heavy (non-hydrogen) atoms. The molecule has 0 aliphatic heterocycles. The fourth-order valence-corrected chi connectivity index (χ4v) is 2.34. The molecule has 1 unspecified atom stereocenters. The van der Waals surface area contributed by atoms with E-state index in [1.165, 1.54) is 64.2 Å². The lowest BCUT2D eigenvalue weighted by molar-refractivity contribution is 0.160. The van der Waals surface area contributed by atoms with Gasteiger partial charge in [0.15, 0.2) is 0 Å². The van der Waals surface area contributed by atoms with E-state index in [-0.39, 0.29) is 6.10 Å². The van der Waals surface area contributed by atoms with Crippen molar-refractivity contribution in [2.45, 2.75) is 97.0 Å². The molecule has 0 aliphatic rings. The minimum atomic E-state index is -0.111. The Kier molecular flexibility index (Phi) is 15.9. The second-order valence-corrected chi connectivity index (χ2v) is 5.78. The highest BCUT2D eigenvalue weighted by atomic mass is 16.3. The van der Waals surface area contributed by atoms with Crippen molar-refractivity contribution in [1.82, 2.24) is 5.32 Å². The van der Waals surface area contributed by atoms with Crippen LogP contribution < -0.4 is 5.32 Å². The molecule has 0 saturated carbocycles. The molecule has 0 spiro atoms. The Morgan fingerprint density at radius 1 is 0.737 bits per heavy atom. The van der Waals surface area contributed by atoms with E-state index >= 15 is 0 Å². The highest BCUT2D eigenvalue weighted by molar-refractivity contribution is 4.56. The molecule has 0 bridgehead atoms. The van der Waals surface area contributed by atoms with Gasteiger partial charge in [0, 0.05) is 0 Å². The maximum absolute atomic E-state index is 9.40. The predicted octanol–water partition coefficient (Wildman–Crippen LogP) is 4.66. The van der Waals surface area contributed by atoms with Crippen molar-refractivity contribution in [3.05, 3.63) is 0 Å². The van der Waals surface area contributed by atoms with E-state index in [1.807, 2.05) is 6.92 Å². The minimum absolute atomic E-state index is 0.111. The van der Waals surface area contributed by atoms with Crippen LogP contribution in [0.5, 0.6) is 0 Å². The topological polar surface area (TPSA) is 32.3 Å². The first-order valence-electron chi connectivity index (χ1n) is 8.70. The van der Waals surface area contributed by atoms with Crippen molar-refractivity contribution in [3.8, 4) is 0 Å². The van der Waals surface area contributed by atoms with Crippen LogP contribution in [0.4, 0.5) is 0 Å². The van der Waals surface area contributed by atoms with Crippen molar-refractivity contribution in [2.75, 3.05) is 13.1 Å². The third-order valence-electron chi connectivity index (χ3n) is 3.83. The van der Waals surface area contributed by atoms with E-state index in [4.69, 9.17) is 0 Å². The zero-order chi connectivity index (χ0) is 14.2. The fraction of sp³-hybridized carbons (Fsp3) is 1.00. The van der Waals surface area contributed by atoms with E-state index in [1.54, 1.807) is 0 Å².